The molecule has 3 heteroatoms. The second-order valence-electron chi connectivity index (χ2n) is 4.70. The summed E-state index contributed by atoms with van der Waals surface area (Å²) in [4.78, 5) is 12.3. The summed E-state index contributed by atoms with van der Waals surface area (Å²) in [5.74, 6) is -1.81. The van der Waals surface area contributed by atoms with Crippen LogP contribution in [0.4, 0.5) is 8.78 Å². The number of halogens is 2. The molecule has 0 unspecified atom stereocenters. The zero-order valence-electron chi connectivity index (χ0n) is 11.1. The summed E-state index contributed by atoms with van der Waals surface area (Å²) in [6.07, 6.45) is 0. The van der Waals surface area contributed by atoms with Crippen molar-refractivity contribution in [2.75, 3.05) is 0 Å². The van der Waals surface area contributed by atoms with Crippen molar-refractivity contribution in [1.29, 1.82) is 0 Å². The van der Waals surface area contributed by atoms with Crippen LogP contribution in [0.15, 0.2) is 30.3 Å². The number of carbonyl (C=O) groups excluding carboxylic acids is 1. The molecule has 0 heterocycles. The van der Waals surface area contributed by atoms with E-state index in [1.807, 2.05) is 0 Å². The lowest BCUT2D eigenvalue weighted by Crippen LogP contribution is -2.10. The monoisotopic (exact) mass is 260 g/mol. The lowest BCUT2D eigenvalue weighted by molar-refractivity contribution is 0.103. The number of rotatable bonds is 2. The minimum Gasteiger partial charge on any atom is -0.288 e. The van der Waals surface area contributed by atoms with Gasteiger partial charge in [0.1, 0.15) is 11.6 Å². The van der Waals surface area contributed by atoms with E-state index in [1.54, 1.807) is 39.0 Å². The number of aryl methyl sites for hydroxylation is 3. The van der Waals surface area contributed by atoms with E-state index in [1.165, 1.54) is 12.1 Å². The Labute approximate surface area is 110 Å². The molecule has 0 atom stereocenters. The molecule has 0 saturated heterocycles. The van der Waals surface area contributed by atoms with Crippen LogP contribution in [0.25, 0.3) is 0 Å². The van der Waals surface area contributed by atoms with Crippen molar-refractivity contribution in [3.8, 4) is 0 Å². The van der Waals surface area contributed by atoms with Gasteiger partial charge in [-0.2, -0.15) is 0 Å². The highest BCUT2D eigenvalue weighted by Gasteiger charge is 2.20. The Morgan fingerprint density at radius 1 is 1.00 bits per heavy atom. The number of carbonyl (C=O) groups is 1. The van der Waals surface area contributed by atoms with Crippen molar-refractivity contribution < 1.29 is 13.6 Å². The summed E-state index contributed by atoms with van der Waals surface area (Å²) in [5.41, 5.74) is 1.47. The number of hydrogen-bond acceptors (Lipinski definition) is 1. The Hall–Kier alpha value is -2.03. The smallest absolute Gasteiger partial charge is 0.199 e. The molecule has 0 aliphatic carbocycles. The molecule has 0 radical (unpaired) electrons. The highest BCUT2D eigenvalue weighted by Crippen LogP contribution is 2.22. The third-order valence-corrected chi connectivity index (χ3v) is 3.10. The molecule has 2 aromatic carbocycles. The van der Waals surface area contributed by atoms with Crippen LogP contribution in [0.3, 0.4) is 0 Å². The fraction of sp³-hybridized carbons (Fsp3) is 0.188. The van der Waals surface area contributed by atoms with Crippen LogP contribution in [0, 0.1) is 32.4 Å². The van der Waals surface area contributed by atoms with Gasteiger partial charge in [0.2, 0.25) is 0 Å². The normalized spacial score (nSPS) is 10.6. The first-order valence-corrected chi connectivity index (χ1v) is 5.98. The second-order valence-corrected chi connectivity index (χ2v) is 4.70. The van der Waals surface area contributed by atoms with Gasteiger partial charge in [-0.1, -0.05) is 18.2 Å². The molecule has 19 heavy (non-hydrogen) atoms. The molecule has 98 valence electrons. The zero-order chi connectivity index (χ0) is 14.2. The topological polar surface area (TPSA) is 17.1 Å². The van der Waals surface area contributed by atoms with E-state index in [-0.39, 0.29) is 11.1 Å². The summed E-state index contributed by atoms with van der Waals surface area (Å²) in [6.45, 7) is 4.97. The molecule has 2 rings (SSSR count). The molecule has 0 bridgehead atoms. The van der Waals surface area contributed by atoms with Gasteiger partial charge in [0.25, 0.3) is 0 Å². The first-order chi connectivity index (χ1) is 8.91. The van der Waals surface area contributed by atoms with Crippen molar-refractivity contribution in [1.82, 2.24) is 0 Å². The van der Waals surface area contributed by atoms with E-state index in [9.17, 15) is 13.6 Å². The van der Waals surface area contributed by atoms with Crippen molar-refractivity contribution in [3.63, 3.8) is 0 Å². The van der Waals surface area contributed by atoms with E-state index < -0.39 is 17.4 Å². The summed E-state index contributed by atoms with van der Waals surface area (Å²) in [5, 5.41) is 0. The van der Waals surface area contributed by atoms with Gasteiger partial charge in [-0.25, -0.2) is 8.78 Å². The standard InChI is InChI=1S/C16H14F2O/c1-9-7-11(3)14(13(17)8-9)16(19)12-6-4-5-10(2)15(12)18/h4-8H,1-3H3. The lowest BCUT2D eigenvalue weighted by Gasteiger charge is -2.09. The fourth-order valence-corrected chi connectivity index (χ4v) is 2.16. The van der Waals surface area contributed by atoms with Crippen LogP contribution in [-0.2, 0) is 0 Å². The molecule has 0 saturated carbocycles. The van der Waals surface area contributed by atoms with Crippen molar-refractivity contribution in [3.05, 3.63) is 69.8 Å². The van der Waals surface area contributed by atoms with Crippen molar-refractivity contribution in [2.24, 2.45) is 0 Å². The van der Waals surface area contributed by atoms with E-state index in [0.29, 0.717) is 11.1 Å². The predicted molar refractivity (Wildman–Crippen MR) is 70.4 cm³/mol. The van der Waals surface area contributed by atoms with Gasteiger partial charge >= 0.3 is 0 Å². The molecule has 0 N–H and O–H groups in total. The van der Waals surface area contributed by atoms with Crippen LogP contribution >= 0.6 is 0 Å². The molecule has 0 amide bonds. The SMILES string of the molecule is Cc1cc(C)c(C(=O)c2cccc(C)c2F)c(F)c1. The molecule has 1 nitrogen and oxygen atoms in total. The maximum Gasteiger partial charge on any atom is 0.199 e. The molecular formula is C16H14F2O. The van der Waals surface area contributed by atoms with Crippen LogP contribution < -0.4 is 0 Å². The molecule has 0 aromatic heterocycles. The first kappa shape index (κ1) is 13.4. The highest BCUT2D eigenvalue weighted by atomic mass is 19.1. The second kappa shape index (κ2) is 4.92. The molecule has 0 fully saturated rings. The maximum absolute atomic E-state index is 13.9. The third kappa shape index (κ3) is 2.41. The van der Waals surface area contributed by atoms with E-state index >= 15 is 0 Å². The summed E-state index contributed by atoms with van der Waals surface area (Å²) in [7, 11) is 0. The van der Waals surface area contributed by atoms with Crippen LogP contribution in [-0.4, -0.2) is 5.78 Å². The van der Waals surface area contributed by atoms with Gasteiger partial charge in [-0.15, -0.1) is 0 Å². The molecular weight excluding hydrogens is 246 g/mol. The Balaban J connectivity index is 2.60. The molecule has 0 aliphatic rings. The Bertz CT molecular complexity index is 637. The van der Waals surface area contributed by atoms with E-state index in [4.69, 9.17) is 0 Å². The largest absolute Gasteiger partial charge is 0.288 e. The zero-order valence-corrected chi connectivity index (χ0v) is 11.1. The summed E-state index contributed by atoms with van der Waals surface area (Å²) < 4.78 is 27.9. The third-order valence-electron chi connectivity index (χ3n) is 3.10. The van der Waals surface area contributed by atoms with Gasteiger partial charge in [-0.3, -0.25) is 4.79 Å². The number of hydrogen-bond donors (Lipinski definition) is 0. The van der Waals surface area contributed by atoms with Gasteiger partial charge in [0, 0.05) is 0 Å². The molecule has 2 aromatic rings. The van der Waals surface area contributed by atoms with Crippen molar-refractivity contribution >= 4 is 5.78 Å². The summed E-state index contributed by atoms with van der Waals surface area (Å²) >= 11 is 0. The fourth-order valence-electron chi connectivity index (χ4n) is 2.16. The Morgan fingerprint density at radius 3 is 2.32 bits per heavy atom. The van der Waals surface area contributed by atoms with Gasteiger partial charge in [-0.05, 0) is 49.6 Å². The number of ketones is 1. The van der Waals surface area contributed by atoms with Gasteiger partial charge < -0.3 is 0 Å². The van der Waals surface area contributed by atoms with Crippen LogP contribution in [0.5, 0.6) is 0 Å². The average molecular weight is 260 g/mol. The Kier molecular flexibility index (Phi) is 3.47. The molecule has 0 spiro atoms. The van der Waals surface area contributed by atoms with E-state index in [0.717, 1.165) is 5.56 Å². The Morgan fingerprint density at radius 2 is 1.68 bits per heavy atom. The van der Waals surface area contributed by atoms with Gasteiger partial charge in [0.15, 0.2) is 5.78 Å². The maximum atomic E-state index is 13.9. The van der Waals surface area contributed by atoms with Crippen molar-refractivity contribution in [2.45, 2.75) is 20.8 Å². The minimum absolute atomic E-state index is 0.0601. The lowest BCUT2D eigenvalue weighted by atomic mass is 9.95. The first-order valence-electron chi connectivity index (χ1n) is 5.98. The summed E-state index contributed by atoms with van der Waals surface area (Å²) in [6, 6.07) is 7.54. The minimum atomic E-state index is -0.615. The van der Waals surface area contributed by atoms with Crippen LogP contribution in [0.2, 0.25) is 0 Å². The average Bonchev–Trinajstić information content (AvgIpc) is 2.31. The highest BCUT2D eigenvalue weighted by molar-refractivity contribution is 6.10. The molecule has 0 aliphatic heterocycles. The predicted octanol–water partition coefficient (Wildman–Crippen LogP) is 4.12. The number of benzene rings is 2. The van der Waals surface area contributed by atoms with E-state index in [2.05, 4.69) is 0 Å². The van der Waals surface area contributed by atoms with Crippen LogP contribution in [0.1, 0.15) is 32.6 Å². The quantitative estimate of drug-likeness (QED) is 0.742. The van der Waals surface area contributed by atoms with Gasteiger partial charge in [0.05, 0.1) is 11.1 Å².